The van der Waals surface area contributed by atoms with Gasteiger partial charge in [0.05, 0.1) is 6.21 Å². The van der Waals surface area contributed by atoms with Crippen LogP contribution in [0, 0.1) is 0 Å². The SMILES string of the molecule is CCC(Nc1ccccc1)C(=O)NN=Cc1cccc(Br)c1. The third kappa shape index (κ3) is 5.00. The number of hydrazone groups is 1. The second-order valence-corrected chi connectivity index (χ2v) is 5.68. The highest BCUT2D eigenvalue weighted by Crippen LogP contribution is 2.10. The molecule has 0 aliphatic heterocycles. The van der Waals surface area contributed by atoms with Gasteiger partial charge < -0.3 is 5.32 Å². The molecule has 0 bridgehead atoms. The topological polar surface area (TPSA) is 53.5 Å². The van der Waals surface area contributed by atoms with E-state index in [0.717, 1.165) is 15.7 Å². The molecular weight excluding hydrogens is 342 g/mol. The highest BCUT2D eigenvalue weighted by Gasteiger charge is 2.15. The first-order chi connectivity index (χ1) is 10.7. The summed E-state index contributed by atoms with van der Waals surface area (Å²) in [6.07, 6.45) is 2.30. The van der Waals surface area contributed by atoms with Crippen LogP contribution in [0.3, 0.4) is 0 Å². The number of hydrogen-bond acceptors (Lipinski definition) is 3. The van der Waals surface area contributed by atoms with Crippen molar-refractivity contribution in [2.24, 2.45) is 5.10 Å². The summed E-state index contributed by atoms with van der Waals surface area (Å²) in [5.74, 6) is -0.155. The molecule has 0 radical (unpaired) electrons. The molecule has 0 spiro atoms. The quantitative estimate of drug-likeness (QED) is 0.608. The highest BCUT2D eigenvalue weighted by atomic mass is 79.9. The van der Waals surface area contributed by atoms with Crippen LogP contribution < -0.4 is 10.7 Å². The number of carbonyl (C=O) groups excluding carboxylic acids is 1. The van der Waals surface area contributed by atoms with Gasteiger partial charge in [0.25, 0.3) is 5.91 Å². The van der Waals surface area contributed by atoms with Crippen molar-refractivity contribution in [1.29, 1.82) is 0 Å². The van der Waals surface area contributed by atoms with Gasteiger partial charge in [-0.05, 0) is 36.2 Å². The van der Waals surface area contributed by atoms with Gasteiger partial charge >= 0.3 is 0 Å². The van der Waals surface area contributed by atoms with Crippen molar-refractivity contribution in [1.82, 2.24) is 5.43 Å². The summed E-state index contributed by atoms with van der Waals surface area (Å²) >= 11 is 3.40. The van der Waals surface area contributed by atoms with E-state index in [1.807, 2.05) is 61.5 Å². The van der Waals surface area contributed by atoms with Gasteiger partial charge in [0.1, 0.15) is 6.04 Å². The fourth-order valence-electron chi connectivity index (χ4n) is 1.92. The van der Waals surface area contributed by atoms with Crippen LogP contribution in [0.1, 0.15) is 18.9 Å². The molecular formula is C17H18BrN3O. The van der Waals surface area contributed by atoms with Crippen LogP contribution in [0.25, 0.3) is 0 Å². The van der Waals surface area contributed by atoms with E-state index in [-0.39, 0.29) is 11.9 Å². The highest BCUT2D eigenvalue weighted by molar-refractivity contribution is 9.10. The Morgan fingerprint density at radius 1 is 1.23 bits per heavy atom. The number of carbonyl (C=O) groups is 1. The molecule has 1 atom stereocenters. The molecule has 0 aromatic heterocycles. The van der Waals surface area contributed by atoms with Crippen LogP contribution in [0.15, 0.2) is 64.2 Å². The Morgan fingerprint density at radius 2 is 2.00 bits per heavy atom. The molecule has 0 aliphatic rings. The van der Waals surface area contributed by atoms with Gasteiger partial charge in [-0.25, -0.2) is 5.43 Å². The van der Waals surface area contributed by atoms with Crippen LogP contribution in [0.5, 0.6) is 0 Å². The van der Waals surface area contributed by atoms with E-state index >= 15 is 0 Å². The minimum atomic E-state index is -0.318. The van der Waals surface area contributed by atoms with Crippen molar-refractivity contribution in [2.75, 3.05) is 5.32 Å². The van der Waals surface area contributed by atoms with E-state index in [2.05, 4.69) is 31.8 Å². The van der Waals surface area contributed by atoms with Gasteiger partial charge in [-0.15, -0.1) is 0 Å². The number of nitrogens with one attached hydrogen (secondary N) is 2. The average Bonchev–Trinajstić information content (AvgIpc) is 2.53. The number of benzene rings is 2. The van der Waals surface area contributed by atoms with Gasteiger partial charge in [0.2, 0.25) is 0 Å². The molecule has 0 saturated carbocycles. The molecule has 0 aliphatic carbocycles. The molecule has 0 saturated heterocycles. The summed E-state index contributed by atoms with van der Waals surface area (Å²) in [6, 6.07) is 17.0. The Morgan fingerprint density at radius 3 is 2.68 bits per heavy atom. The molecule has 2 N–H and O–H groups in total. The third-order valence-electron chi connectivity index (χ3n) is 3.08. The van der Waals surface area contributed by atoms with Crippen molar-refractivity contribution in [3.63, 3.8) is 0 Å². The second kappa shape index (κ2) is 8.34. The Bertz CT molecular complexity index is 643. The van der Waals surface area contributed by atoms with E-state index in [4.69, 9.17) is 0 Å². The fourth-order valence-corrected chi connectivity index (χ4v) is 2.34. The van der Waals surface area contributed by atoms with Gasteiger partial charge in [0.15, 0.2) is 0 Å². The number of nitrogens with zero attached hydrogens (tertiary/aromatic N) is 1. The fraction of sp³-hybridized carbons (Fsp3) is 0.176. The maximum Gasteiger partial charge on any atom is 0.262 e. The number of rotatable bonds is 6. The Labute approximate surface area is 138 Å². The average molecular weight is 360 g/mol. The predicted octanol–water partition coefficient (Wildman–Crippen LogP) is 3.79. The number of amides is 1. The van der Waals surface area contributed by atoms with Crippen molar-refractivity contribution < 1.29 is 4.79 Å². The number of halogens is 1. The first-order valence-electron chi connectivity index (χ1n) is 7.09. The minimum Gasteiger partial charge on any atom is -0.374 e. The second-order valence-electron chi connectivity index (χ2n) is 4.76. The van der Waals surface area contributed by atoms with Gasteiger partial charge in [-0.2, -0.15) is 5.10 Å². The minimum absolute atomic E-state index is 0.155. The van der Waals surface area contributed by atoms with Gasteiger partial charge in [-0.1, -0.05) is 53.2 Å². The van der Waals surface area contributed by atoms with Crippen LogP contribution >= 0.6 is 15.9 Å². The van der Waals surface area contributed by atoms with E-state index in [1.165, 1.54) is 0 Å². The van der Waals surface area contributed by atoms with Crippen LogP contribution in [-0.4, -0.2) is 18.2 Å². The van der Waals surface area contributed by atoms with Crippen molar-refractivity contribution in [2.45, 2.75) is 19.4 Å². The van der Waals surface area contributed by atoms with Crippen LogP contribution in [0.4, 0.5) is 5.69 Å². The van der Waals surface area contributed by atoms with Gasteiger partial charge in [0, 0.05) is 10.2 Å². The molecule has 1 amide bonds. The Kier molecular flexibility index (Phi) is 6.15. The lowest BCUT2D eigenvalue weighted by molar-refractivity contribution is -0.121. The molecule has 0 fully saturated rings. The molecule has 5 heteroatoms. The smallest absolute Gasteiger partial charge is 0.262 e. The maximum atomic E-state index is 12.1. The van der Waals surface area contributed by atoms with E-state index in [9.17, 15) is 4.79 Å². The van der Waals surface area contributed by atoms with Crippen molar-refractivity contribution in [3.05, 3.63) is 64.6 Å². The zero-order chi connectivity index (χ0) is 15.8. The first kappa shape index (κ1) is 16.2. The predicted molar refractivity (Wildman–Crippen MR) is 94.0 cm³/mol. The summed E-state index contributed by atoms with van der Waals surface area (Å²) < 4.78 is 0.972. The summed E-state index contributed by atoms with van der Waals surface area (Å²) in [6.45, 7) is 1.96. The van der Waals surface area contributed by atoms with Crippen LogP contribution in [-0.2, 0) is 4.79 Å². The summed E-state index contributed by atoms with van der Waals surface area (Å²) in [5, 5.41) is 7.20. The zero-order valence-electron chi connectivity index (χ0n) is 12.3. The van der Waals surface area contributed by atoms with E-state index < -0.39 is 0 Å². The molecule has 1 unspecified atom stereocenters. The number of hydrogen-bond donors (Lipinski definition) is 2. The summed E-state index contributed by atoms with van der Waals surface area (Å²) in [5.41, 5.74) is 4.41. The van der Waals surface area contributed by atoms with E-state index in [0.29, 0.717) is 6.42 Å². The molecule has 4 nitrogen and oxygen atoms in total. The molecule has 2 aromatic rings. The normalized spacial score (nSPS) is 12.1. The van der Waals surface area contributed by atoms with Crippen LogP contribution in [0.2, 0.25) is 0 Å². The molecule has 2 aromatic carbocycles. The van der Waals surface area contributed by atoms with Crippen molar-refractivity contribution in [3.8, 4) is 0 Å². The summed E-state index contributed by atoms with van der Waals surface area (Å²) in [4.78, 5) is 12.1. The first-order valence-corrected chi connectivity index (χ1v) is 7.88. The number of para-hydroxylation sites is 1. The molecule has 0 heterocycles. The third-order valence-corrected chi connectivity index (χ3v) is 3.57. The maximum absolute atomic E-state index is 12.1. The van der Waals surface area contributed by atoms with Gasteiger partial charge in [-0.3, -0.25) is 4.79 Å². The molecule has 2 rings (SSSR count). The molecule has 22 heavy (non-hydrogen) atoms. The lowest BCUT2D eigenvalue weighted by atomic mass is 10.2. The Balaban J connectivity index is 1.92. The lowest BCUT2D eigenvalue weighted by Crippen LogP contribution is -2.36. The monoisotopic (exact) mass is 359 g/mol. The standard InChI is InChI=1S/C17H18BrN3O/c1-2-16(20-15-9-4-3-5-10-15)17(22)21-19-12-13-7-6-8-14(18)11-13/h3-12,16,20H,2H2,1H3,(H,21,22). The Hall–Kier alpha value is -2.14. The van der Waals surface area contributed by atoms with Crippen molar-refractivity contribution >= 4 is 33.7 Å². The zero-order valence-corrected chi connectivity index (χ0v) is 13.9. The number of anilines is 1. The van der Waals surface area contributed by atoms with E-state index in [1.54, 1.807) is 6.21 Å². The largest absolute Gasteiger partial charge is 0.374 e. The lowest BCUT2D eigenvalue weighted by Gasteiger charge is -2.16. The molecule has 114 valence electrons. The summed E-state index contributed by atoms with van der Waals surface area (Å²) in [7, 11) is 0.